The quantitative estimate of drug-likeness (QED) is 0.845. The first-order chi connectivity index (χ1) is 13.3. The predicted octanol–water partition coefficient (Wildman–Crippen LogP) is 4.36. The monoisotopic (exact) mass is 389 g/mol. The molecule has 0 aromatic heterocycles. The average Bonchev–Trinajstić information content (AvgIpc) is 2.94. The summed E-state index contributed by atoms with van der Waals surface area (Å²) in [6.07, 6.45) is -3.43. The number of nitrogens with zero attached hydrogens (tertiary/aromatic N) is 1. The van der Waals surface area contributed by atoms with E-state index in [0.29, 0.717) is 18.5 Å². The molecular weight excluding hydrogens is 367 g/mol. The van der Waals surface area contributed by atoms with Gasteiger partial charge < -0.3 is 5.11 Å². The Kier molecular flexibility index (Phi) is 5.02. The van der Waals surface area contributed by atoms with Crippen molar-refractivity contribution < 1.29 is 23.1 Å². The summed E-state index contributed by atoms with van der Waals surface area (Å²) >= 11 is 0. The highest BCUT2D eigenvalue weighted by Gasteiger charge is 2.49. The summed E-state index contributed by atoms with van der Waals surface area (Å²) < 4.78 is 38.4. The van der Waals surface area contributed by atoms with Gasteiger partial charge in [0.1, 0.15) is 5.78 Å². The zero-order valence-electron chi connectivity index (χ0n) is 15.3. The molecule has 0 aliphatic carbocycles. The molecule has 0 amide bonds. The van der Waals surface area contributed by atoms with Crippen LogP contribution in [0.3, 0.4) is 0 Å². The second-order valence-electron chi connectivity index (χ2n) is 7.72. The lowest BCUT2D eigenvalue weighted by atomic mass is 9.81. The van der Waals surface area contributed by atoms with E-state index in [2.05, 4.69) is 4.90 Å². The smallest absolute Gasteiger partial charge is 0.388 e. The van der Waals surface area contributed by atoms with Crippen molar-refractivity contribution in [3.05, 3.63) is 71.3 Å². The SMILES string of the molecule is O=C1C[C@@H]2CC[C@H]([C@H]1[C@@H](O)c1ccc(C(F)(F)F)cc1)N2Cc1ccccc1. The molecule has 2 saturated heterocycles. The first-order valence-corrected chi connectivity index (χ1v) is 9.52. The third kappa shape index (κ3) is 3.59. The predicted molar refractivity (Wildman–Crippen MR) is 98.3 cm³/mol. The number of rotatable bonds is 4. The fourth-order valence-electron chi connectivity index (χ4n) is 4.66. The molecule has 4 rings (SSSR count). The number of ketones is 1. The van der Waals surface area contributed by atoms with Gasteiger partial charge in [0.2, 0.25) is 0 Å². The standard InChI is InChI=1S/C22H22F3NO2/c23-22(24,25)16-8-6-15(7-9-16)21(28)20-18-11-10-17(12-19(20)27)26(18)13-14-4-2-1-3-5-14/h1-9,17-18,20-21,28H,10-13H2/t17-,18+,20+,21-/m0/s1. The van der Waals surface area contributed by atoms with Crippen molar-refractivity contribution in [1.82, 2.24) is 4.90 Å². The summed E-state index contributed by atoms with van der Waals surface area (Å²) in [7, 11) is 0. The normalized spacial score (nSPS) is 26.4. The van der Waals surface area contributed by atoms with Gasteiger partial charge in [-0.05, 0) is 36.1 Å². The van der Waals surface area contributed by atoms with E-state index in [1.807, 2.05) is 30.3 Å². The first-order valence-electron chi connectivity index (χ1n) is 9.52. The van der Waals surface area contributed by atoms with E-state index < -0.39 is 23.8 Å². The number of alkyl halides is 3. The van der Waals surface area contributed by atoms with Crippen LogP contribution in [-0.2, 0) is 17.5 Å². The minimum absolute atomic E-state index is 0.00390. The molecule has 148 valence electrons. The fourth-order valence-corrected chi connectivity index (χ4v) is 4.66. The number of hydrogen-bond donors (Lipinski definition) is 1. The molecule has 2 heterocycles. The summed E-state index contributed by atoms with van der Waals surface area (Å²) in [6.45, 7) is 0.708. The van der Waals surface area contributed by atoms with E-state index in [1.165, 1.54) is 12.1 Å². The number of hydrogen-bond acceptors (Lipinski definition) is 3. The zero-order chi connectivity index (χ0) is 19.9. The van der Waals surface area contributed by atoms with Gasteiger partial charge in [-0.1, -0.05) is 42.5 Å². The molecule has 3 nitrogen and oxygen atoms in total. The molecule has 2 fully saturated rings. The van der Waals surface area contributed by atoms with E-state index in [4.69, 9.17) is 0 Å². The van der Waals surface area contributed by atoms with Crippen molar-refractivity contribution >= 4 is 5.78 Å². The largest absolute Gasteiger partial charge is 0.416 e. The Hall–Kier alpha value is -2.18. The van der Waals surface area contributed by atoms with Gasteiger partial charge in [-0.15, -0.1) is 0 Å². The second-order valence-corrected chi connectivity index (χ2v) is 7.72. The molecule has 6 heteroatoms. The maximum atomic E-state index is 12.8. The van der Waals surface area contributed by atoms with Gasteiger partial charge in [0.15, 0.2) is 0 Å². The van der Waals surface area contributed by atoms with Crippen LogP contribution in [0.4, 0.5) is 13.2 Å². The highest BCUT2D eigenvalue weighted by atomic mass is 19.4. The van der Waals surface area contributed by atoms with Gasteiger partial charge in [-0.2, -0.15) is 13.2 Å². The Balaban J connectivity index is 1.56. The number of fused-ring (bicyclic) bond motifs is 2. The second kappa shape index (κ2) is 7.33. The van der Waals surface area contributed by atoms with E-state index >= 15 is 0 Å². The third-order valence-corrected chi connectivity index (χ3v) is 6.04. The number of carbonyl (C=O) groups excluding carboxylic acids is 1. The lowest BCUT2D eigenvalue weighted by Crippen LogP contribution is -2.50. The van der Waals surface area contributed by atoms with Crippen LogP contribution < -0.4 is 0 Å². The summed E-state index contributed by atoms with van der Waals surface area (Å²) in [4.78, 5) is 15.0. The van der Waals surface area contributed by atoms with Gasteiger partial charge in [0.05, 0.1) is 17.6 Å². The van der Waals surface area contributed by atoms with Crippen molar-refractivity contribution in [2.24, 2.45) is 5.92 Å². The number of piperidine rings is 1. The number of Topliss-reactive ketones (excluding diaryl/α,β-unsaturated/α-hetero) is 1. The van der Waals surface area contributed by atoms with E-state index in [0.717, 1.165) is 30.5 Å². The van der Waals surface area contributed by atoms with Gasteiger partial charge in [-0.25, -0.2) is 0 Å². The summed E-state index contributed by atoms with van der Waals surface area (Å²) in [6, 6.07) is 14.5. The Bertz CT molecular complexity index is 835. The van der Waals surface area contributed by atoms with Gasteiger partial charge in [0.25, 0.3) is 0 Å². The van der Waals surface area contributed by atoms with E-state index in [1.54, 1.807) is 0 Å². The maximum absolute atomic E-state index is 12.8. The highest BCUT2D eigenvalue weighted by molar-refractivity contribution is 5.84. The van der Waals surface area contributed by atoms with Crippen molar-refractivity contribution in [3.8, 4) is 0 Å². The molecule has 2 aromatic rings. The van der Waals surface area contributed by atoms with Crippen LogP contribution in [0.5, 0.6) is 0 Å². The van der Waals surface area contributed by atoms with Crippen molar-refractivity contribution in [1.29, 1.82) is 0 Å². The molecule has 0 unspecified atom stereocenters. The van der Waals surface area contributed by atoms with Crippen LogP contribution in [0.2, 0.25) is 0 Å². The Morgan fingerprint density at radius 2 is 1.71 bits per heavy atom. The third-order valence-electron chi connectivity index (χ3n) is 6.04. The van der Waals surface area contributed by atoms with Crippen LogP contribution in [-0.4, -0.2) is 27.9 Å². The Morgan fingerprint density at radius 1 is 1.04 bits per heavy atom. The van der Waals surface area contributed by atoms with Crippen LogP contribution in [0, 0.1) is 5.92 Å². The van der Waals surface area contributed by atoms with E-state index in [-0.39, 0.29) is 17.9 Å². The van der Waals surface area contributed by atoms with Gasteiger partial charge in [0, 0.05) is 25.0 Å². The molecule has 0 saturated carbocycles. The molecule has 0 radical (unpaired) electrons. The summed E-state index contributed by atoms with van der Waals surface area (Å²) in [5.74, 6) is -0.608. The lowest BCUT2D eigenvalue weighted by molar-refractivity contribution is -0.138. The molecule has 2 bridgehead atoms. The number of carbonyl (C=O) groups is 1. The van der Waals surface area contributed by atoms with Crippen LogP contribution >= 0.6 is 0 Å². The Morgan fingerprint density at radius 3 is 2.36 bits per heavy atom. The molecule has 28 heavy (non-hydrogen) atoms. The van der Waals surface area contributed by atoms with Crippen molar-refractivity contribution in [2.45, 2.75) is 50.2 Å². The molecule has 0 spiro atoms. The van der Waals surface area contributed by atoms with Crippen LogP contribution in [0.25, 0.3) is 0 Å². The number of halogens is 3. The minimum Gasteiger partial charge on any atom is -0.388 e. The number of aliphatic hydroxyl groups excluding tert-OH is 1. The molecule has 2 aliphatic heterocycles. The van der Waals surface area contributed by atoms with E-state index in [9.17, 15) is 23.1 Å². The molecule has 2 aromatic carbocycles. The molecule has 2 aliphatic rings. The van der Waals surface area contributed by atoms with Gasteiger partial charge >= 0.3 is 6.18 Å². The average molecular weight is 389 g/mol. The molecule has 4 atom stereocenters. The minimum atomic E-state index is -4.42. The zero-order valence-corrected chi connectivity index (χ0v) is 15.3. The van der Waals surface area contributed by atoms with Crippen molar-refractivity contribution in [2.75, 3.05) is 0 Å². The number of benzene rings is 2. The summed E-state index contributed by atoms with van der Waals surface area (Å²) in [5, 5.41) is 10.9. The van der Waals surface area contributed by atoms with Gasteiger partial charge in [-0.3, -0.25) is 9.69 Å². The summed E-state index contributed by atoms with van der Waals surface area (Å²) in [5.41, 5.74) is 0.748. The Labute approximate surface area is 161 Å². The van der Waals surface area contributed by atoms with Crippen LogP contribution in [0.15, 0.2) is 54.6 Å². The topological polar surface area (TPSA) is 40.5 Å². The lowest BCUT2D eigenvalue weighted by Gasteiger charge is -2.41. The number of aliphatic hydroxyl groups is 1. The first kappa shape index (κ1) is 19.2. The maximum Gasteiger partial charge on any atom is 0.416 e. The molecule has 1 N–H and O–H groups in total. The fraction of sp³-hybridized carbons (Fsp3) is 0.409. The highest BCUT2D eigenvalue weighted by Crippen LogP contribution is 2.43. The van der Waals surface area contributed by atoms with Crippen LogP contribution in [0.1, 0.15) is 42.1 Å². The molecular formula is C22H22F3NO2. The van der Waals surface area contributed by atoms with Crippen molar-refractivity contribution in [3.63, 3.8) is 0 Å².